The van der Waals surface area contributed by atoms with Gasteiger partial charge in [0.05, 0.1) is 11.6 Å². The van der Waals surface area contributed by atoms with Gasteiger partial charge in [0, 0.05) is 34.0 Å². The number of carbonyl (C=O) groups is 2. The van der Waals surface area contributed by atoms with E-state index in [-0.39, 0.29) is 17.7 Å². The first-order valence-electron chi connectivity index (χ1n) is 12.2. The molecule has 39 heavy (non-hydrogen) atoms. The highest BCUT2D eigenvalue weighted by Crippen LogP contribution is 2.31. The van der Waals surface area contributed by atoms with E-state index in [1.165, 1.54) is 35.9 Å². The number of carboxylic acids is 1. The summed E-state index contributed by atoms with van der Waals surface area (Å²) in [5.74, 6) is -1.74. The maximum Gasteiger partial charge on any atom is 0.335 e. The van der Waals surface area contributed by atoms with E-state index in [0.717, 1.165) is 26.7 Å². The number of aromatic nitrogens is 1. The zero-order valence-electron chi connectivity index (χ0n) is 20.8. The number of nitriles is 2. The number of benzene rings is 4. The molecule has 0 aliphatic heterocycles. The standard InChI is InChI=1S/C32H22N4O3/c33-16-17-35(26-13-11-24(12-14-26)32(38)39)31(37)25(20-34)18-23-10-15-30-28(19-23)27-8-4-5-9-29(27)36(30)21-22-6-2-1-3-7-22/h1-15,18-19H,17,21H2,(H,38,39). The van der Waals surface area contributed by atoms with Crippen LogP contribution in [0.1, 0.15) is 21.5 Å². The Labute approximate surface area is 224 Å². The normalized spacial score (nSPS) is 11.2. The van der Waals surface area contributed by atoms with Crippen LogP contribution in [0.4, 0.5) is 5.69 Å². The maximum absolute atomic E-state index is 13.3. The summed E-state index contributed by atoms with van der Waals surface area (Å²) in [6.07, 6.45) is 1.51. The summed E-state index contributed by atoms with van der Waals surface area (Å²) in [4.78, 5) is 25.7. The molecule has 0 aliphatic rings. The van der Waals surface area contributed by atoms with Gasteiger partial charge in [-0.05, 0) is 59.7 Å². The van der Waals surface area contributed by atoms with E-state index in [4.69, 9.17) is 5.11 Å². The summed E-state index contributed by atoms with van der Waals surface area (Å²) in [5, 5.41) is 30.4. The molecule has 0 saturated heterocycles. The molecule has 0 spiro atoms. The molecule has 0 saturated carbocycles. The number of hydrogen-bond donors (Lipinski definition) is 1. The van der Waals surface area contributed by atoms with E-state index in [9.17, 15) is 20.1 Å². The molecule has 1 N–H and O–H groups in total. The smallest absolute Gasteiger partial charge is 0.335 e. The molecule has 0 radical (unpaired) electrons. The lowest BCUT2D eigenvalue weighted by Gasteiger charge is -2.19. The average molecular weight is 511 g/mol. The first-order valence-corrected chi connectivity index (χ1v) is 12.2. The van der Waals surface area contributed by atoms with Crippen molar-refractivity contribution in [1.82, 2.24) is 4.57 Å². The number of rotatable bonds is 7. The third kappa shape index (κ3) is 4.98. The second kappa shape index (κ2) is 10.8. The lowest BCUT2D eigenvalue weighted by molar-refractivity contribution is -0.114. The Morgan fingerprint density at radius 3 is 2.23 bits per heavy atom. The highest BCUT2D eigenvalue weighted by atomic mass is 16.4. The Hall–Kier alpha value is -5.66. The van der Waals surface area contributed by atoms with Crippen LogP contribution in [0.2, 0.25) is 0 Å². The fourth-order valence-electron chi connectivity index (χ4n) is 4.69. The van der Waals surface area contributed by atoms with Crippen LogP contribution >= 0.6 is 0 Å². The summed E-state index contributed by atoms with van der Waals surface area (Å²) >= 11 is 0. The molecule has 7 heteroatoms. The van der Waals surface area contributed by atoms with Crippen LogP contribution in [0.3, 0.4) is 0 Å². The van der Waals surface area contributed by atoms with Gasteiger partial charge < -0.3 is 9.67 Å². The number of nitrogens with zero attached hydrogens (tertiary/aromatic N) is 4. The fraction of sp³-hybridized carbons (Fsp3) is 0.0625. The molecule has 0 unspecified atom stereocenters. The molecule has 0 bridgehead atoms. The van der Waals surface area contributed by atoms with Crippen LogP contribution in [0.15, 0.2) is 103 Å². The Morgan fingerprint density at radius 1 is 0.846 bits per heavy atom. The summed E-state index contributed by atoms with van der Waals surface area (Å²) < 4.78 is 2.25. The molecule has 5 aromatic rings. The molecule has 5 rings (SSSR count). The topological polar surface area (TPSA) is 110 Å². The number of carboxylic acid groups (broad SMARTS) is 1. The van der Waals surface area contributed by atoms with Crippen molar-refractivity contribution in [1.29, 1.82) is 10.5 Å². The van der Waals surface area contributed by atoms with Gasteiger partial charge >= 0.3 is 5.97 Å². The monoisotopic (exact) mass is 510 g/mol. The number of fused-ring (bicyclic) bond motifs is 3. The van der Waals surface area contributed by atoms with Crippen molar-refractivity contribution in [3.8, 4) is 12.1 Å². The number of hydrogen-bond acceptors (Lipinski definition) is 4. The Kier molecular flexibility index (Phi) is 6.90. The molecule has 1 aromatic heterocycles. The van der Waals surface area contributed by atoms with Crippen LogP contribution in [0.25, 0.3) is 27.9 Å². The van der Waals surface area contributed by atoms with Crippen molar-refractivity contribution in [3.05, 3.63) is 119 Å². The molecule has 1 heterocycles. The van der Waals surface area contributed by atoms with Gasteiger partial charge in [0.2, 0.25) is 0 Å². The first-order chi connectivity index (χ1) is 19.0. The summed E-state index contributed by atoms with van der Waals surface area (Å²) in [7, 11) is 0. The lowest BCUT2D eigenvalue weighted by Crippen LogP contribution is -2.32. The lowest BCUT2D eigenvalue weighted by atomic mass is 10.1. The van der Waals surface area contributed by atoms with E-state index >= 15 is 0 Å². The number of aromatic carboxylic acids is 1. The average Bonchev–Trinajstić information content (AvgIpc) is 3.27. The van der Waals surface area contributed by atoms with Gasteiger partial charge in [0.15, 0.2) is 0 Å². The fourth-order valence-corrected chi connectivity index (χ4v) is 4.69. The number of amides is 1. The van der Waals surface area contributed by atoms with Gasteiger partial charge in [-0.2, -0.15) is 10.5 Å². The van der Waals surface area contributed by atoms with Crippen LogP contribution < -0.4 is 4.90 Å². The summed E-state index contributed by atoms with van der Waals surface area (Å²) in [5.41, 5.74) is 4.21. The molecule has 1 amide bonds. The third-order valence-corrected chi connectivity index (χ3v) is 6.54. The molecule has 0 atom stereocenters. The zero-order chi connectivity index (χ0) is 27.4. The third-order valence-electron chi connectivity index (χ3n) is 6.54. The zero-order valence-corrected chi connectivity index (χ0v) is 20.8. The van der Waals surface area contributed by atoms with E-state index in [2.05, 4.69) is 28.8 Å². The van der Waals surface area contributed by atoms with Gasteiger partial charge in [-0.1, -0.05) is 54.6 Å². The molecule has 188 valence electrons. The van der Waals surface area contributed by atoms with E-state index in [1.807, 2.05) is 60.7 Å². The number of carbonyl (C=O) groups excluding carboxylic acids is 1. The van der Waals surface area contributed by atoms with Crippen molar-refractivity contribution < 1.29 is 14.7 Å². The second-order valence-corrected chi connectivity index (χ2v) is 8.94. The van der Waals surface area contributed by atoms with Crippen molar-refractivity contribution in [2.75, 3.05) is 11.4 Å². The minimum absolute atomic E-state index is 0.0545. The van der Waals surface area contributed by atoms with E-state index in [1.54, 1.807) is 0 Å². The van der Waals surface area contributed by atoms with E-state index < -0.39 is 11.9 Å². The van der Waals surface area contributed by atoms with Crippen LogP contribution in [-0.4, -0.2) is 28.1 Å². The molecular formula is C32H22N4O3. The van der Waals surface area contributed by atoms with Crippen molar-refractivity contribution in [2.45, 2.75) is 6.54 Å². The quantitative estimate of drug-likeness (QED) is 0.164. The van der Waals surface area contributed by atoms with Crippen molar-refractivity contribution in [2.24, 2.45) is 0 Å². The number of para-hydroxylation sites is 1. The number of anilines is 1. The highest BCUT2D eigenvalue weighted by molar-refractivity contribution is 6.12. The van der Waals surface area contributed by atoms with Crippen molar-refractivity contribution >= 4 is 45.4 Å². The van der Waals surface area contributed by atoms with E-state index in [0.29, 0.717) is 17.8 Å². The summed E-state index contributed by atoms with van der Waals surface area (Å²) in [6, 6.07) is 33.6. The van der Waals surface area contributed by atoms with Crippen LogP contribution in [0.5, 0.6) is 0 Å². The minimum Gasteiger partial charge on any atom is -0.478 e. The van der Waals surface area contributed by atoms with Crippen LogP contribution in [-0.2, 0) is 11.3 Å². The first kappa shape index (κ1) is 25.0. The van der Waals surface area contributed by atoms with Crippen molar-refractivity contribution in [3.63, 3.8) is 0 Å². The molecule has 0 aliphatic carbocycles. The predicted octanol–water partition coefficient (Wildman–Crippen LogP) is 6.00. The van der Waals surface area contributed by atoms with Gasteiger partial charge in [0.1, 0.15) is 18.2 Å². The maximum atomic E-state index is 13.3. The van der Waals surface area contributed by atoms with Gasteiger partial charge in [0.25, 0.3) is 5.91 Å². The predicted molar refractivity (Wildman–Crippen MR) is 150 cm³/mol. The second-order valence-electron chi connectivity index (χ2n) is 8.94. The molecule has 4 aromatic carbocycles. The Morgan fingerprint density at radius 2 is 1.54 bits per heavy atom. The minimum atomic E-state index is -1.10. The SMILES string of the molecule is N#CCN(C(=O)C(C#N)=Cc1ccc2c(c1)c1ccccc1n2Cc1ccccc1)c1ccc(C(=O)O)cc1. The van der Waals surface area contributed by atoms with Gasteiger partial charge in [-0.25, -0.2) is 4.79 Å². The molecular weight excluding hydrogens is 488 g/mol. The Balaban J connectivity index is 1.54. The van der Waals surface area contributed by atoms with Gasteiger partial charge in [-0.3, -0.25) is 9.69 Å². The van der Waals surface area contributed by atoms with Crippen LogP contribution in [0, 0.1) is 22.7 Å². The highest BCUT2D eigenvalue weighted by Gasteiger charge is 2.21. The largest absolute Gasteiger partial charge is 0.478 e. The molecule has 7 nitrogen and oxygen atoms in total. The molecule has 0 fully saturated rings. The summed E-state index contributed by atoms with van der Waals surface area (Å²) in [6.45, 7) is 0.405. The Bertz CT molecular complexity index is 1820. The van der Waals surface area contributed by atoms with Gasteiger partial charge in [-0.15, -0.1) is 0 Å².